The fourth-order valence-electron chi connectivity index (χ4n) is 1.84. The Morgan fingerprint density at radius 3 is 2.40 bits per heavy atom. The second kappa shape index (κ2) is 4.55. The number of anilines is 2. The quantitative estimate of drug-likeness (QED) is 0.824. The molecule has 2 N–H and O–H groups in total. The summed E-state index contributed by atoms with van der Waals surface area (Å²) in [6.45, 7) is 10.5. The van der Waals surface area contributed by atoms with E-state index in [-0.39, 0.29) is 0 Å². The normalized spacial score (nSPS) is 11.1. The maximum Gasteiger partial charge on any atom is 0.150 e. The van der Waals surface area contributed by atoms with Crippen molar-refractivity contribution in [2.45, 2.75) is 27.7 Å². The van der Waals surface area contributed by atoms with E-state index in [0.29, 0.717) is 5.92 Å². The third-order valence-corrected chi connectivity index (χ3v) is 2.50. The summed E-state index contributed by atoms with van der Waals surface area (Å²) >= 11 is 0. The standard InChI is InChI=1S/C11H22N4/c1-6-15(7-8(2)3)11-10(12)9(4)13-14(11)5/h8H,6-7,12H2,1-5H3. The summed E-state index contributed by atoms with van der Waals surface area (Å²) in [7, 11) is 1.95. The first kappa shape index (κ1) is 11.9. The van der Waals surface area contributed by atoms with E-state index >= 15 is 0 Å². The van der Waals surface area contributed by atoms with Crippen LogP contribution in [0.2, 0.25) is 0 Å². The van der Waals surface area contributed by atoms with E-state index in [1.165, 1.54) is 0 Å². The maximum absolute atomic E-state index is 6.03. The molecule has 0 radical (unpaired) electrons. The molecule has 0 aliphatic heterocycles. The first-order valence-electron chi connectivity index (χ1n) is 5.51. The van der Waals surface area contributed by atoms with Crippen LogP contribution in [0.15, 0.2) is 0 Å². The summed E-state index contributed by atoms with van der Waals surface area (Å²) in [4.78, 5) is 2.28. The van der Waals surface area contributed by atoms with Crippen LogP contribution < -0.4 is 10.6 Å². The number of hydrogen-bond donors (Lipinski definition) is 1. The van der Waals surface area contributed by atoms with Gasteiger partial charge in [0, 0.05) is 20.1 Å². The fourth-order valence-corrected chi connectivity index (χ4v) is 1.84. The SMILES string of the molecule is CCN(CC(C)C)c1c(N)c(C)nn1C. The van der Waals surface area contributed by atoms with Crippen molar-refractivity contribution in [1.29, 1.82) is 0 Å². The lowest BCUT2D eigenvalue weighted by Gasteiger charge is -2.25. The van der Waals surface area contributed by atoms with Gasteiger partial charge in [0.2, 0.25) is 0 Å². The highest BCUT2D eigenvalue weighted by Crippen LogP contribution is 2.25. The van der Waals surface area contributed by atoms with Crippen molar-refractivity contribution in [2.24, 2.45) is 13.0 Å². The summed E-state index contributed by atoms with van der Waals surface area (Å²) in [5.74, 6) is 1.67. The number of nitrogens with two attached hydrogens (primary N) is 1. The number of hydrogen-bond acceptors (Lipinski definition) is 3. The molecule has 1 aromatic heterocycles. The van der Waals surface area contributed by atoms with E-state index in [4.69, 9.17) is 5.73 Å². The van der Waals surface area contributed by atoms with Gasteiger partial charge in [-0.25, -0.2) is 0 Å². The zero-order chi connectivity index (χ0) is 11.6. The Labute approximate surface area is 92.1 Å². The number of aromatic nitrogens is 2. The molecule has 0 amide bonds. The summed E-state index contributed by atoms with van der Waals surface area (Å²) < 4.78 is 1.87. The molecule has 0 fully saturated rings. The summed E-state index contributed by atoms with van der Waals surface area (Å²) in [6, 6.07) is 0. The lowest BCUT2D eigenvalue weighted by Crippen LogP contribution is -2.29. The molecule has 0 atom stereocenters. The predicted octanol–water partition coefficient (Wildman–Crippen LogP) is 1.79. The smallest absolute Gasteiger partial charge is 0.150 e. The van der Waals surface area contributed by atoms with Crippen molar-refractivity contribution >= 4 is 11.5 Å². The van der Waals surface area contributed by atoms with Gasteiger partial charge in [-0.3, -0.25) is 4.68 Å². The van der Waals surface area contributed by atoms with Gasteiger partial charge in [0.15, 0.2) is 0 Å². The molecule has 15 heavy (non-hydrogen) atoms. The van der Waals surface area contributed by atoms with Gasteiger partial charge in [-0.15, -0.1) is 0 Å². The summed E-state index contributed by atoms with van der Waals surface area (Å²) in [5, 5.41) is 4.34. The lowest BCUT2D eigenvalue weighted by atomic mass is 10.2. The minimum Gasteiger partial charge on any atom is -0.394 e. The highest BCUT2D eigenvalue weighted by molar-refractivity contribution is 5.66. The maximum atomic E-state index is 6.03. The van der Waals surface area contributed by atoms with E-state index in [0.717, 1.165) is 30.3 Å². The Morgan fingerprint density at radius 2 is 2.07 bits per heavy atom. The minimum atomic E-state index is 0.625. The summed E-state index contributed by atoms with van der Waals surface area (Å²) in [5.41, 5.74) is 7.75. The van der Waals surface area contributed by atoms with Crippen molar-refractivity contribution in [3.05, 3.63) is 5.69 Å². The Bertz CT molecular complexity index is 328. The number of nitrogen functional groups attached to an aromatic ring is 1. The average Bonchev–Trinajstić information content (AvgIpc) is 2.38. The van der Waals surface area contributed by atoms with Crippen molar-refractivity contribution in [1.82, 2.24) is 9.78 Å². The zero-order valence-electron chi connectivity index (χ0n) is 10.4. The van der Waals surface area contributed by atoms with Crippen LogP contribution >= 0.6 is 0 Å². The Morgan fingerprint density at radius 1 is 1.47 bits per heavy atom. The van der Waals surface area contributed by atoms with Gasteiger partial charge in [-0.05, 0) is 19.8 Å². The summed E-state index contributed by atoms with van der Waals surface area (Å²) in [6.07, 6.45) is 0. The van der Waals surface area contributed by atoms with Crippen molar-refractivity contribution < 1.29 is 0 Å². The molecule has 86 valence electrons. The van der Waals surface area contributed by atoms with Gasteiger partial charge >= 0.3 is 0 Å². The molecule has 0 unspecified atom stereocenters. The third kappa shape index (κ3) is 2.43. The van der Waals surface area contributed by atoms with Crippen LogP contribution in [-0.2, 0) is 7.05 Å². The van der Waals surface area contributed by atoms with Gasteiger partial charge in [0.05, 0.1) is 11.4 Å². The molecular weight excluding hydrogens is 188 g/mol. The molecule has 4 nitrogen and oxygen atoms in total. The van der Waals surface area contributed by atoms with Crippen LogP contribution in [-0.4, -0.2) is 22.9 Å². The van der Waals surface area contributed by atoms with Crippen LogP contribution in [0, 0.1) is 12.8 Å². The molecule has 1 rings (SSSR count). The van der Waals surface area contributed by atoms with E-state index in [2.05, 4.69) is 30.8 Å². The zero-order valence-corrected chi connectivity index (χ0v) is 10.4. The van der Waals surface area contributed by atoms with Gasteiger partial charge in [0.25, 0.3) is 0 Å². The van der Waals surface area contributed by atoms with Crippen LogP contribution in [0.25, 0.3) is 0 Å². The lowest BCUT2D eigenvalue weighted by molar-refractivity contribution is 0.600. The minimum absolute atomic E-state index is 0.625. The van der Waals surface area contributed by atoms with E-state index in [1.807, 2.05) is 18.7 Å². The van der Waals surface area contributed by atoms with Crippen molar-refractivity contribution in [2.75, 3.05) is 23.7 Å². The van der Waals surface area contributed by atoms with Crippen LogP contribution in [0.5, 0.6) is 0 Å². The molecular formula is C11H22N4. The van der Waals surface area contributed by atoms with Gasteiger partial charge in [-0.2, -0.15) is 5.10 Å². The fraction of sp³-hybridized carbons (Fsp3) is 0.727. The molecule has 0 spiro atoms. The molecule has 0 aromatic carbocycles. The van der Waals surface area contributed by atoms with Crippen molar-refractivity contribution in [3.63, 3.8) is 0 Å². The molecule has 1 aromatic rings. The highest BCUT2D eigenvalue weighted by atomic mass is 15.4. The Balaban J connectivity index is 3.00. The largest absolute Gasteiger partial charge is 0.394 e. The van der Waals surface area contributed by atoms with Crippen molar-refractivity contribution in [3.8, 4) is 0 Å². The van der Waals surface area contributed by atoms with Crippen LogP contribution in [0.1, 0.15) is 26.5 Å². The average molecular weight is 210 g/mol. The molecule has 0 saturated heterocycles. The van der Waals surface area contributed by atoms with E-state index in [1.54, 1.807) is 0 Å². The van der Waals surface area contributed by atoms with Crippen LogP contribution in [0.4, 0.5) is 11.5 Å². The van der Waals surface area contributed by atoms with Crippen LogP contribution in [0.3, 0.4) is 0 Å². The second-order valence-corrected chi connectivity index (χ2v) is 4.38. The second-order valence-electron chi connectivity index (χ2n) is 4.38. The first-order chi connectivity index (χ1) is 6.97. The Hall–Kier alpha value is -1.19. The first-order valence-corrected chi connectivity index (χ1v) is 5.51. The van der Waals surface area contributed by atoms with Gasteiger partial charge < -0.3 is 10.6 Å². The molecule has 4 heteroatoms. The molecule has 0 bridgehead atoms. The highest BCUT2D eigenvalue weighted by Gasteiger charge is 2.16. The number of nitrogens with zero attached hydrogens (tertiary/aromatic N) is 3. The number of rotatable bonds is 4. The van der Waals surface area contributed by atoms with E-state index < -0.39 is 0 Å². The van der Waals surface area contributed by atoms with Gasteiger partial charge in [-0.1, -0.05) is 13.8 Å². The molecule has 0 aliphatic carbocycles. The molecule has 0 saturated carbocycles. The third-order valence-electron chi connectivity index (χ3n) is 2.50. The predicted molar refractivity (Wildman–Crippen MR) is 65.1 cm³/mol. The monoisotopic (exact) mass is 210 g/mol. The Kier molecular flexibility index (Phi) is 3.61. The molecule has 0 aliphatic rings. The topological polar surface area (TPSA) is 47.1 Å². The van der Waals surface area contributed by atoms with Gasteiger partial charge in [0.1, 0.15) is 5.82 Å². The number of aryl methyl sites for hydroxylation is 2. The van der Waals surface area contributed by atoms with E-state index in [9.17, 15) is 0 Å². The molecule has 1 heterocycles.